The van der Waals surface area contributed by atoms with Gasteiger partial charge in [-0.1, -0.05) is 29.8 Å². The van der Waals surface area contributed by atoms with Gasteiger partial charge in [0.25, 0.3) is 5.91 Å². The minimum Gasteiger partial charge on any atom is -0.502 e. The van der Waals surface area contributed by atoms with Crippen LogP contribution in [-0.4, -0.2) is 29.3 Å². The van der Waals surface area contributed by atoms with Gasteiger partial charge in [0.15, 0.2) is 5.76 Å². The molecule has 0 unspecified atom stereocenters. The smallest absolute Gasteiger partial charge is 0.312 e. The number of nitro benzene ring substituents is 1. The number of hydrogen-bond donors (Lipinski definition) is 2. The number of halogens is 1. The summed E-state index contributed by atoms with van der Waals surface area (Å²) in [4.78, 5) is 27.1. The maximum absolute atomic E-state index is 12.6. The number of furan rings is 1. The standard InChI is InChI=1S/C23H16ClN3O6/c1-32-20-11-16(25-12-14-8-15(24)10-18(22(14)28)27(30)31)6-7-17(20)26-23(29)21-9-13-4-2-3-5-19(13)33-21/h2-12,28H,1H3,(H,26,29). The Morgan fingerprint density at radius 2 is 2.00 bits per heavy atom. The molecule has 9 nitrogen and oxygen atoms in total. The van der Waals surface area contributed by atoms with E-state index >= 15 is 0 Å². The zero-order chi connectivity index (χ0) is 23.5. The zero-order valence-electron chi connectivity index (χ0n) is 17.1. The Morgan fingerprint density at radius 1 is 1.21 bits per heavy atom. The highest BCUT2D eigenvalue weighted by atomic mass is 35.5. The molecule has 4 aromatic rings. The summed E-state index contributed by atoms with van der Waals surface area (Å²) in [5.74, 6) is -0.513. The van der Waals surface area contributed by atoms with Crippen molar-refractivity contribution in [2.24, 2.45) is 4.99 Å². The van der Waals surface area contributed by atoms with Gasteiger partial charge in [0.05, 0.1) is 23.4 Å². The number of methoxy groups -OCH3 is 1. The number of aromatic hydroxyl groups is 1. The Balaban J connectivity index is 1.57. The molecule has 166 valence electrons. The number of carbonyl (C=O) groups excluding carboxylic acids is 1. The van der Waals surface area contributed by atoms with Crippen LogP contribution in [0, 0.1) is 10.1 Å². The van der Waals surface area contributed by atoms with Crippen molar-refractivity contribution < 1.29 is 24.0 Å². The molecule has 0 fully saturated rings. The molecule has 1 amide bonds. The lowest BCUT2D eigenvalue weighted by Gasteiger charge is -2.10. The molecule has 0 aliphatic heterocycles. The zero-order valence-corrected chi connectivity index (χ0v) is 17.9. The van der Waals surface area contributed by atoms with Crippen LogP contribution >= 0.6 is 11.6 Å². The summed E-state index contributed by atoms with van der Waals surface area (Å²) in [5.41, 5.74) is 0.961. The fourth-order valence-electron chi connectivity index (χ4n) is 3.13. The largest absolute Gasteiger partial charge is 0.502 e. The molecule has 1 heterocycles. The first-order valence-electron chi connectivity index (χ1n) is 9.54. The number of phenols is 1. The number of nitro groups is 1. The number of anilines is 1. The van der Waals surface area contributed by atoms with Gasteiger partial charge in [-0.05, 0) is 30.3 Å². The third kappa shape index (κ3) is 4.63. The van der Waals surface area contributed by atoms with E-state index in [0.29, 0.717) is 22.7 Å². The van der Waals surface area contributed by atoms with Gasteiger partial charge in [0.2, 0.25) is 5.75 Å². The van der Waals surface area contributed by atoms with Gasteiger partial charge in [-0.15, -0.1) is 0 Å². The molecule has 0 spiro atoms. The second kappa shape index (κ2) is 9.01. The van der Waals surface area contributed by atoms with Crippen LogP contribution in [0.25, 0.3) is 11.0 Å². The lowest BCUT2D eigenvalue weighted by atomic mass is 10.2. The number of nitrogens with one attached hydrogen (secondary N) is 1. The molecule has 33 heavy (non-hydrogen) atoms. The van der Waals surface area contributed by atoms with Gasteiger partial charge in [-0.3, -0.25) is 19.9 Å². The van der Waals surface area contributed by atoms with Crippen molar-refractivity contribution in [1.82, 2.24) is 0 Å². The Bertz CT molecular complexity index is 1380. The van der Waals surface area contributed by atoms with Crippen LogP contribution in [0.3, 0.4) is 0 Å². The van der Waals surface area contributed by atoms with Gasteiger partial charge in [-0.2, -0.15) is 0 Å². The minimum absolute atomic E-state index is 0.0791. The Morgan fingerprint density at radius 3 is 2.73 bits per heavy atom. The molecule has 0 aliphatic carbocycles. The van der Waals surface area contributed by atoms with E-state index < -0.39 is 22.3 Å². The summed E-state index contributed by atoms with van der Waals surface area (Å²) >= 11 is 5.90. The van der Waals surface area contributed by atoms with Crippen LogP contribution in [0.4, 0.5) is 17.1 Å². The number of phenolic OH excluding ortho intramolecular Hbond substituents is 1. The van der Waals surface area contributed by atoms with E-state index in [4.69, 9.17) is 20.8 Å². The maximum Gasteiger partial charge on any atom is 0.312 e. The van der Waals surface area contributed by atoms with Crippen LogP contribution in [0.1, 0.15) is 16.1 Å². The molecular weight excluding hydrogens is 450 g/mol. The Labute approximate surface area is 192 Å². The van der Waals surface area contributed by atoms with Crippen molar-refractivity contribution in [1.29, 1.82) is 0 Å². The first-order valence-corrected chi connectivity index (χ1v) is 9.92. The average molecular weight is 466 g/mol. The van der Waals surface area contributed by atoms with Crippen LogP contribution in [0.15, 0.2) is 70.1 Å². The van der Waals surface area contributed by atoms with Crippen LogP contribution in [0.2, 0.25) is 5.02 Å². The second-order valence-corrected chi connectivity index (χ2v) is 7.30. The molecule has 0 aliphatic rings. The van der Waals surface area contributed by atoms with E-state index in [1.807, 2.05) is 18.2 Å². The lowest BCUT2D eigenvalue weighted by molar-refractivity contribution is -0.385. The highest BCUT2D eigenvalue weighted by Gasteiger charge is 2.18. The number of aliphatic imine (C=N–C) groups is 1. The third-order valence-electron chi connectivity index (χ3n) is 4.72. The Hall–Kier alpha value is -4.37. The molecule has 0 saturated carbocycles. The van der Waals surface area contributed by atoms with E-state index in [1.165, 1.54) is 19.4 Å². The van der Waals surface area contributed by atoms with Crippen molar-refractivity contribution in [3.8, 4) is 11.5 Å². The third-order valence-corrected chi connectivity index (χ3v) is 4.93. The van der Waals surface area contributed by atoms with Crippen LogP contribution in [0.5, 0.6) is 11.5 Å². The van der Waals surface area contributed by atoms with Crippen LogP contribution in [-0.2, 0) is 0 Å². The average Bonchev–Trinajstić information content (AvgIpc) is 3.24. The predicted molar refractivity (Wildman–Crippen MR) is 124 cm³/mol. The molecule has 10 heteroatoms. The number of nitrogens with zero attached hydrogens (tertiary/aromatic N) is 2. The van der Waals surface area contributed by atoms with Crippen molar-refractivity contribution in [3.05, 3.63) is 87.1 Å². The van der Waals surface area contributed by atoms with Crippen molar-refractivity contribution in [2.75, 3.05) is 12.4 Å². The SMILES string of the molecule is COc1cc(N=Cc2cc(Cl)cc([N+](=O)[O-])c2O)ccc1NC(=O)c1cc2ccccc2o1. The second-order valence-electron chi connectivity index (χ2n) is 6.87. The summed E-state index contributed by atoms with van der Waals surface area (Å²) in [6.45, 7) is 0. The number of benzene rings is 3. The van der Waals surface area contributed by atoms with Gasteiger partial charge in [0, 0.05) is 34.3 Å². The van der Waals surface area contributed by atoms with Crippen molar-refractivity contribution in [3.63, 3.8) is 0 Å². The van der Waals surface area contributed by atoms with Gasteiger partial charge < -0.3 is 19.6 Å². The van der Waals surface area contributed by atoms with Gasteiger partial charge in [0.1, 0.15) is 11.3 Å². The molecule has 2 N–H and O–H groups in total. The minimum atomic E-state index is -0.735. The molecule has 0 bridgehead atoms. The van der Waals surface area contributed by atoms with Crippen molar-refractivity contribution >= 4 is 51.8 Å². The first-order chi connectivity index (χ1) is 15.9. The van der Waals surface area contributed by atoms with E-state index in [0.717, 1.165) is 11.5 Å². The summed E-state index contributed by atoms with van der Waals surface area (Å²) in [7, 11) is 1.44. The van der Waals surface area contributed by atoms with E-state index in [2.05, 4.69) is 10.3 Å². The van der Waals surface area contributed by atoms with E-state index in [9.17, 15) is 20.0 Å². The van der Waals surface area contributed by atoms with E-state index in [-0.39, 0.29) is 16.3 Å². The molecule has 0 atom stereocenters. The summed E-state index contributed by atoms with van der Waals surface area (Å²) < 4.78 is 10.9. The molecule has 0 saturated heterocycles. The van der Waals surface area contributed by atoms with Gasteiger partial charge in [-0.25, -0.2) is 0 Å². The quantitative estimate of drug-likeness (QED) is 0.213. The molecule has 0 radical (unpaired) electrons. The van der Waals surface area contributed by atoms with Crippen LogP contribution < -0.4 is 10.1 Å². The topological polar surface area (TPSA) is 127 Å². The molecule has 4 rings (SSSR count). The maximum atomic E-state index is 12.6. The highest BCUT2D eigenvalue weighted by Crippen LogP contribution is 2.34. The number of hydrogen-bond acceptors (Lipinski definition) is 7. The fourth-order valence-corrected chi connectivity index (χ4v) is 3.35. The number of para-hydroxylation sites is 1. The van der Waals surface area contributed by atoms with Gasteiger partial charge >= 0.3 is 5.69 Å². The number of amides is 1. The number of rotatable bonds is 6. The fraction of sp³-hybridized carbons (Fsp3) is 0.0435. The number of fused-ring (bicyclic) bond motifs is 1. The lowest BCUT2D eigenvalue weighted by Crippen LogP contribution is -2.11. The van der Waals surface area contributed by atoms with E-state index in [1.54, 1.807) is 30.3 Å². The summed E-state index contributed by atoms with van der Waals surface area (Å²) in [6, 6.07) is 16.1. The predicted octanol–water partition coefficient (Wildman–Crippen LogP) is 5.71. The summed E-state index contributed by atoms with van der Waals surface area (Å²) in [6.07, 6.45) is 1.25. The molecule has 3 aromatic carbocycles. The highest BCUT2D eigenvalue weighted by molar-refractivity contribution is 6.31. The molecule has 1 aromatic heterocycles. The first kappa shape index (κ1) is 21.8. The molecular formula is C23H16ClN3O6. The van der Waals surface area contributed by atoms with Crippen molar-refractivity contribution in [2.45, 2.75) is 0 Å². The number of ether oxygens (including phenoxy) is 1. The number of carbonyl (C=O) groups is 1. The monoisotopic (exact) mass is 465 g/mol. The summed E-state index contributed by atoms with van der Waals surface area (Å²) in [5, 5.41) is 24.8. The normalized spacial score (nSPS) is 11.1. The Kier molecular flexibility index (Phi) is 5.97.